The minimum atomic E-state index is -3.86. The van der Waals surface area contributed by atoms with Crippen molar-refractivity contribution in [1.82, 2.24) is 10.2 Å². The topological polar surface area (TPSA) is 114 Å². The number of ether oxygens (including phenoxy) is 3. The predicted molar refractivity (Wildman–Crippen MR) is 141 cm³/mol. The number of carbonyl (C=O) groups is 2. The SMILES string of the molecule is CCC(C)NC(=O)C(C)N(Cc1cccc(OC)c1)C(=O)CN(c1ccc2c(c1)OCCO2)S(C)(=O)=O. The molecule has 10 nitrogen and oxygen atoms in total. The van der Waals surface area contributed by atoms with Crippen molar-refractivity contribution in [3.63, 3.8) is 0 Å². The molecule has 0 fully saturated rings. The van der Waals surface area contributed by atoms with E-state index in [1.165, 1.54) is 11.0 Å². The molecule has 3 rings (SSSR count). The number of rotatable bonds is 11. The number of anilines is 1. The summed E-state index contributed by atoms with van der Waals surface area (Å²) >= 11 is 0. The van der Waals surface area contributed by atoms with E-state index in [1.807, 2.05) is 19.9 Å². The molecule has 0 bridgehead atoms. The molecule has 0 radical (unpaired) electrons. The molecule has 2 amide bonds. The van der Waals surface area contributed by atoms with Gasteiger partial charge in [0, 0.05) is 18.7 Å². The number of amides is 2. The molecule has 0 saturated carbocycles. The summed E-state index contributed by atoms with van der Waals surface area (Å²) in [6.45, 7) is 5.79. The second kappa shape index (κ2) is 12.2. The zero-order chi connectivity index (χ0) is 27.2. The molecular weight excluding hydrogens is 498 g/mol. The van der Waals surface area contributed by atoms with Crippen molar-refractivity contribution in [2.45, 2.75) is 45.8 Å². The smallest absolute Gasteiger partial charge is 0.244 e. The Bertz CT molecular complexity index is 1220. The molecule has 0 spiro atoms. The maximum Gasteiger partial charge on any atom is 0.244 e. The van der Waals surface area contributed by atoms with Crippen molar-refractivity contribution in [2.75, 3.05) is 37.4 Å². The Balaban J connectivity index is 1.92. The second-order valence-corrected chi connectivity index (χ2v) is 10.9. The van der Waals surface area contributed by atoms with E-state index in [-0.39, 0.29) is 24.2 Å². The van der Waals surface area contributed by atoms with Crippen LogP contribution in [0.5, 0.6) is 17.2 Å². The van der Waals surface area contributed by atoms with Gasteiger partial charge >= 0.3 is 0 Å². The first-order chi connectivity index (χ1) is 17.5. The van der Waals surface area contributed by atoms with Gasteiger partial charge < -0.3 is 24.4 Å². The van der Waals surface area contributed by atoms with Crippen LogP contribution < -0.4 is 23.8 Å². The van der Waals surface area contributed by atoms with Gasteiger partial charge in [-0.2, -0.15) is 0 Å². The van der Waals surface area contributed by atoms with Gasteiger partial charge in [0.2, 0.25) is 21.8 Å². The van der Waals surface area contributed by atoms with Crippen LogP contribution in [0, 0.1) is 0 Å². The molecule has 2 aromatic rings. The van der Waals surface area contributed by atoms with Gasteiger partial charge in [0.05, 0.1) is 19.1 Å². The Labute approximate surface area is 218 Å². The first kappa shape index (κ1) is 28.1. The number of hydrogen-bond donors (Lipinski definition) is 1. The minimum Gasteiger partial charge on any atom is -0.497 e. The van der Waals surface area contributed by atoms with Gasteiger partial charge in [0.15, 0.2) is 11.5 Å². The number of hydrogen-bond acceptors (Lipinski definition) is 7. The van der Waals surface area contributed by atoms with E-state index < -0.39 is 28.5 Å². The largest absolute Gasteiger partial charge is 0.497 e. The second-order valence-electron chi connectivity index (χ2n) is 8.96. The molecule has 0 aromatic heterocycles. The van der Waals surface area contributed by atoms with E-state index in [0.29, 0.717) is 30.5 Å². The average Bonchev–Trinajstić information content (AvgIpc) is 2.88. The Kier molecular flexibility index (Phi) is 9.25. The van der Waals surface area contributed by atoms with E-state index in [4.69, 9.17) is 14.2 Å². The van der Waals surface area contributed by atoms with Crippen LogP contribution >= 0.6 is 0 Å². The highest BCUT2D eigenvalue weighted by molar-refractivity contribution is 7.92. The third kappa shape index (κ3) is 7.28. The van der Waals surface area contributed by atoms with Crippen molar-refractivity contribution in [2.24, 2.45) is 0 Å². The minimum absolute atomic E-state index is 0.0750. The van der Waals surface area contributed by atoms with E-state index in [2.05, 4.69) is 5.32 Å². The fourth-order valence-corrected chi connectivity index (χ4v) is 4.66. The highest BCUT2D eigenvalue weighted by Crippen LogP contribution is 2.34. The van der Waals surface area contributed by atoms with Crippen LogP contribution in [0.15, 0.2) is 42.5 Å². The van der Waals surface area contributed by atoms with Crippen LogP contribution in [0.2, 0.25) is 0 Å². The Hall–Kier alpha value is -3.47. The van der Waals surface area contributed by atoms with Crippen LogP contribution in [-0.4, -0.2) is 70.3 Å². The third-order valence-corrected chi connectivity index (χ3v) is 7.29. The molecule has 11 heteroatoms. The van der Waals surface area contributed by atoms with Gasteiger partial charge in [0.1, 0.15) is 31.5 Å². The highest BCUT2D eigenvalue weighted by atomic mass is 32.2. The van der Waals surface area contributed by atoms with Gasteiger partial charge in [-0.15, -0.1) is 0 Å². The number of nitrogens with one attached hydrogen (secondary N) is 1. The monoisotopic (exact) mass is 533 g/mol. The number of nitrogens with zero attached hydrogens (tertiary/aromatic N) is 2. The molecule has 0 aliphatic carbocycles. The molecule has 1 heterocycles. The van der Waals surface area contributed by atoms with E-state index in [0.717, 1.165) is 22.5 Å². The highest BCUT2D eigenvalue weighted by Gasteiger charge is 2.31. The summed E-state index contributed by atoms with van der Waals surface area (Å²) < 4.78 is 43.0. The van der Waals surface area contributed by atoms with Crippen LogP contribution in [0.3, 0.4) is 0 Å². The standard InChI is InChI=1S/C26H35N3O7S/c1-6-18(2)27-26(31)19(3)28(16-20-8-7-9-22(14-20)34-4)25(30)17-29(37(5,32)33)21-10-11-23-24(15-21)36-13-12-35-23/h7-11,14-15,18-19H,6,12-13,16-17H2,1-5H3,(H,27,31). The van der Waals surface area contributed by atoms with Crippen LogP contribution in [0.25, 0.3) is 0 Å². The van der Waals surface area contributed by atoms with E-state index in [1.54, 1.807) is 44.4 Å². The summed E-state index contributed by atoms with van der Waals surface area (Å²) in [7, 11) is -2.31. The van der Waals surface area contributed by atoms with Gasteiger partial charge in [0.25, 0.3) is 0 Å². The summed E-state index contributed by atoms with van der Waals surface area (Å²) in [5.74, 6) is 0.658. The third-order valence-electron chi connectivity index (χ3n) is 6.15. The molecule has 202 valence electrons. The zero-order valence-electron chi connectivity index (χ0n) is 21.9. The zero-order valence-corrected chi connectivity index (χ0v) is 22.7. The summed E-state index contributed by atoms with van der Waals surface area (Å²) in [4.78, 5) is 28.0. The summed E-state index contributed by atoms with van der Waals surface area (Å²) in [5.41, 5.74) is 0.999. The van der Waals surface area contributed by atoms with Crippen LogP contribution in [-0.2, 0) is 26.2 Å². The molecule has 37 heavy (non-hydrogen) atoms. The lowest BCUT2D eigenvalue weighted by atomic mass is 10.1. The summed E-state index contributed by atoms with van der Waals surface area (Å²) in [6.07, 6.45) is 1.76. The lowest BCUT2D eigenvalue weighted by Crippen LogP contribution is -2.52. The van der Waals surface area contributed by atoms with Gasteiger partial charge in [-0.1, -0.05) is 19.1 Å². The first-order valence-electron chi connectivity index (χ1n) is 12.1. The Morgan fingerprint density at radius 2 is 1.78 bits per heavy atom. The Morgan fingerprint density at radius 1 is 1.08 bits per heavy atom. The van der Waals surface area contributed by atoms with Crippen LogP contribution in [0.4, 0.5) is 5.69 Å². The molecule has 1 N–H and O–H groups in total. The number of methoxy groups -OCH3 is 1. The molecule has 0 saturated heterocycles. The lowest BCUT2D eigenvalue weighted by molar-refractivity contribution is -0.139. The number of benzene rings is 2. The summed E-state index contributed by atoms with van der Waals surface area (Å²) in [5, 5.41) is 2.90. The Morgan fingerprint density at radius 3 is 2.43 bits per heavy atom. The van der Waals surface area contributed by atoms with Gasteiger partial charge in [-0.25, -0.2) is 8.42 Å². The quantitative estimate of drug-likeness (QED) is 0.472. The molecule has 1 aliphatic rings. The van der Waals surface area contributed by atoms with Crippen molar-refractivity contribution in [3.05, 3.63) is 48.0 Å². The van der Waals surface area contributed by atoms with E-state index in [9.17, 15) is 18.0 Å². The van der Waals surface area contributed by atoms with Crippen molar-refractivity contribution < 1.29 is 32.2 Å². The summed E-state index contributed by atoms with van der Waals surface area (Å²) in [6, 6.07) is 10.9. The fraction of sp³-hybridized carbons (Fsp3) is 0.462. The molecule has 2 aromatic carbocycles. The van der Waals surface area contributed by atoms with Crippen LogP contribution in [0.1, 0.15) is 32.8 Å². The van der Waals surface area contributed by atoms with Gasteiger partial charge in [-0.05, 0) is 50.1 Å². The molecule has 2 atom stereocenters. The predicted octanol–water partition coefficient (Wildman–Crippen LogP) is 2.56. The lowest BCUT2D eigenvalue weighted by Gasteiger charge is -2.32. The molecular formula is C26H35N3O7S. The number of sulfonamides is 1. The first-order valence-corrected chi connectivity index (χ1v) is 14.0. The maximum absolute atomic E-state index is 13.7. The van der Waals surface area contributed by atoms with Crippen molar-refractivity contribution in [1.29, 1.82) is 0 Å². The van der Waals surface area contributed by atoms with Crippen molar-refractivity contribution >= 4 is 27.5 Å². The molecule has 2 unspecified atom stereocenters. The normalized spacial score (nSPS) is 14.3. The van der Waals surface area contributed by atoms with Gasteiger partial charge in [-0.3, -0.25) is 13.9 Å². The average molecular weight is 534 g/mol. The fourth-order valence-electron chi connectivity index (χ4n) is 3.82. The number of fused-ring (bicyclic) bond motifs is 1. The van der Waals surface area contributed by atoms with Crippen molar-refractivity contribution in [3.8, 4) is 17.2 Å². The number of carbonyl (C=O) groups excluding carboxylic acids is 2. The maximum atomic E-state index is 13.7. The van der Waals surface area contributed by atoms with E-state index >= 15 is 0 Å². The molecule has 1 aliphatic heterocycles.